The first-order valence-electron chi connectivity index (χ1n) is 6.21. The minimum Gasteiger partial charge on any atom is -0.301 e. The van der Waals surface area contributed by atoms with Crippen LogP contribution >= 0.6 is 11.3 Å². The van der Waals surface area contributed by atoms with Crippen LogP contribution in [0.15, 0.2) is 11.6 Å². The molecule has 5 heteroatoms. The van der Waals surface area contributed by atoms with E-state index in [4.69, 9.17) is 0 Å². The van der Waals surface area contributed by atoms with Gasteiger partial charge in [-0.3, -0.25) is 5.10 Å². The Morgan fingerprint density at radius 2 is 2.22 bits per heavy atom. The van der Waals surface area contributed by atoms with Gasteiger partial charge in [0.05, 0.1) is 11.7 Å². The Labute approximate surface area is 112 Å². The molecule has 0 saturated carbocycles. The van der Waals surface area contributed by atoms with Gasteiger partial charge in [0, 0.05) is 28.9 Å². The van der Waals surface area contributed by atoms with E-state index in [0.29, 0.717) is 0 Å². The SMILES string of the molecule is CCC(C)(NCc1cn[nH]c1C)c1nc(C)cs1. The third kappa shape index (κ3) is 2.62. The minimum absolute atomic E-state index is 0.0668. The van der Waals surface area contributed by atoms with Crippen LogP contribution in [0.25, 0.3) is 0 Å². The monoisotopic (exact) mass is 264 g/mol. The van der Waals surface area contributed by atoms with Crippen molar-refractivity contribution in [3.8, 4) is 0 Å². The molecule has 0 aliphatic heterocycles. The summed E-state index contributed by atoms with van der Waals surface area (Å²) < 4.78 is 0. The second kappa shape index (κ2) is 5.20. The highest BCUT2D eigenvalue weighted by atomic mass is 32.1. The number of aromatic amines is 1. The Morgan fingerprint density at radius 3 is 2.72 bits per heavy atom. The predicted octanol–water partition coefficient (Wildman–Crippen LogP) is 2.90. The molecule has 0 aromatic carbocycles. The molecule has 0 aliphatic rings. The molecule has 2 aromatic rings. The fourth-order valence-electron chi connectivity index (χ4n) is 1.80. The first-order valence-corrected chi connectivity index (χ1v) is 7.09. The van der Waals surface area contributed by atoms with E-state index in [-0.39, 0.29) is 5.54 Å². The number of hydrogen-bond donors (Lipinski definition) is 2. The van der Waals surface area contributed by atoms with Gasteiger partial charge in [-0.15, -0.1) is 11.3 Å². The topological polar surface area (TPSA) is 53.6 Å². The molecular formula is C13H20N4S. The van der Waals surface area contributed by atoms with Gasteiger partial charge in [-0.1, -0.05) is 6.92 Å². The van der Waals surface area contributed by atoms with Crippen molar-refractivity contribution in [2.45, 2.75) is 46.2 Å². The van der Waals surface area contributed by atoms with Crippen LogP contribution in [0.5, 0.6) is 0 Å². The van der Waals surface area contributed by atoms with Crippen molar-refractivity contribution in [3.63, 3.8) is 0 Å². The number of nitrogens with zero attached hydrogens (tertiary/aromatic N) is 2. The molecule has 1 unspecified atom stereocenters. The van der Waals surface area contributed by atoms with Crippen LogP contribution in [0.3, 0.4) is 0 Å². The van der Waals surface area contributed by atoms with E-state index >= 15 is 0 Å². The lowest BCUT2D eigenvalue weighted by Gasteiger charge is -2.27. The van der Waals surface area contributed by atoms with E-state index in [1.807, 2.05) is 20.0 Å². The van der Waals surface area contributed by atoms with Crippen LogP contribution in [0.1, 0.15) is 42.2 Å². The maximum absolute atomic E-state index is 4.61. The Kier molecular flexibility index (Phi) is 3.82. The van der Waals surface area contributed by atoms with E-state index in [9.17, 15) is 0 Å². The van der Waals surface area contributed by atoms with E-state index in [2.05, 4.69) is 39.7 Å². The molecule has 18 heavy (non-hydrogen) atoms. The molecule has 1 atom stereocenters. The quantitative estimate of drug-likeness (QED) is 0.873. The van der Waals surface area contributed by atoms with Crippen molar-refractivity contribution in [1.82, 2.24) is 20.5 Å². The summed E-state index contributed by atoms with van der Waals surface area (Å²) in [6, 6.07) is 0. The van der Waals surface area contributed by atoms with E-state index in [0.717, 1.165) is 29.4 Å². The molecule has 98 valence electrons. The van der Waals surface area contributed by atoms with Crippen molar-refractivity contribution in [2.24, 2.45) is 0 Å². The second-order valence-electron chi connectivity index (χ2n) is 4.85. The molecule has 2 N–H and O–H groups in total. The lowest BCUT2D eigenvalue weighted by Crippen LogP contribution is -2.38. The van der Waals surface area contributed by atoms with E-state index in [1.54, 1.807) is 11.3 Å². The highest BCUT2D eigenvalue weighted by molar-refractivity contribution is 7.09. The van der Waals surface area contributed by atoms with Crippen LogP contribution in [-0.4, -0.2) is 15.2 Å². The maximum Gasteiger partial charge on any atom is 0.113 e. The lowest BCUT2D eigenvalue weighted by molar-refractivity contribution is 0.349. The molecule has 0 aliphatic carbocycles. The molecule has 0 radical (unpaired) electrons. The number of rotatable bonds is 5. The van der Waals surface area contributed by atoms with Crippen molar-refractivity contribution < 1.29 is 0 Å². The van der Waals surface area contributed by atoms with Gasteiger partial charge in [-0.25, -0.2) is 4.98 Å². The van der Waals surface area contributed by atoms with E-state index < -0.39 is 0 Å². The molecule has 0 saturated heterocycles. The fourth-order valence-corrected chi connectivity index (χ4v) is 2.81. The Bertz CT molecular complexity index is 517. The van der Waals surface area contributed by atoms with Crippen LogP contribution in [0.2, 0.25) is 0 Å². The smallest absolute Gasteiger partial charge is 0.113 e. The minimum atomic E-state index is -0.0668. The van der Waals surface area contributed by atoms with Crippen LogP contribution in [0, 0.1) is 13.8 Å². The Balaban J connectivity index is 2.11. The summed E-state index contributed by atoms with van der Waals surface area (Å²) in [5.74, 6) is 0. The second-order valence-corrected chi connectivity index (χ2v) is 5.71. The third-order valence-corrected chi connectivity index (χ3v) is 4.63. The molecule has 2 rings (SSSR count). The Hall–Kier alpha value is -1.20. The standard InChI is InChI=1S/C13H20N4S/c1-5-13(4,12-16-9(2)8-18-12)14-6-11-7-15-17-10(11)3/h7-8,14H,5-6H2,1-4H3,(H,15,17). The molecule has 2 aromatic heterocycles. The zero-order chi connectivity index (χ0) is 13.2. The highest BCUT2D eigenvalue weighted by Crippen LogP contribution is 2.28. The maximum atomic E-state index is 4.61. The average molecular weight is 264 g/mol. The first-order chi connectivity index (χ1) is 8.55. The molecular weight excluding hydrogens is 244 g/mol. The summed E-state index contributed by atoms with van der Waals surface area (Å²) >= 11 is 1.73. The number of H-pyrrole nitrogens is 1. The lowest BCUT2D eigenvalue weighted by atomic mass is 9.99. The summed E-state index contributed by atoms with van der Waals surface area (Å²) in [6.45, 7) is 9.29. The highest BCUT2D eigenvalue weighted by Gasteiger charge is 2.27. The van der Waals surface area contributed by atoms with Crippen molar-refractivity contribution in [1.29, 1.82) is 0 Å². The van der Waals surface area contributed by atoms with Crippen molar-refractivity contribution in [3.05, 3.63) is 33.5 Å². The van der Waals surface area contributed by atoms with Crippen molar-refractivity contribution >= 4 is 11.3 Å². The van der Waals surface area contributed by atoms with Gasteiger partial charge in [0.2, 0.25) is 0 Å². The summed E-state index contributed by atoms with van der Waals surface area (Å²) in [7, 11) is 0. The van der Waals surface area contributed by atoms with Gasteiger partial charge in [-0.2, -0.15) is 5.10 Å². The van der Waals surface area contributed by atoms with Gasteiger partial charge in [-0.05, 0) is 27.2 Å². The summed E-state index contributed by atoms with van der Waals surface area (Å²) in [5, 5.41) is 13.9. The molecule has 2 heterocycles. The Morgan fingerprint density at radius 1 is 1.44 bits per heavy atom. The average Bonchev–Trinajstić information content (AvgIpc) is 2.95. The first kappa shape index (κ1) is 13.2. The van der Waals surface area contributed by atoms with Crippen LogP contribution < -0.4 is 5.32 Å². The summed E-state index contributed by atoms with van der Waals surface area (Å²) in [4.78, 5) is 4.61. The molecule has 0 bridgehead atoms. The molecule has 4 nitrogen and oxygen atoms in total. The van der Waals surface area contributed by atoms with Crippen LogP contribution in [0.4, 0.5) is 0 Å². The summed E-state index contributed by atoms with van der Waals surface area (Å²) in [6.07, 6.45) is 2.89. The van der Waals surface area contributed by atoms with Gasteiger partial charge < -0.3 is 5.32 Å². The number of nitrogens with one attached hydrogen (secondary N) is 2. The number of thiazole rings is 1. The van der Waals surface area contributed by atoms with Gasteiger partial charge in [0.25, 0.3) is 0 Å². The zero-order valence-electron chi connectivity index (χ0n) is 11.4. The zero-order valence-corrected chi connectivity index (χ0v) is 12.2. The van der Waals surface area contributed by atoms with Crippen molar-refractivity contribution in [2.75, 3.05) is 0 Å². The van der Waals surface area contributed by atoms with Gasteiger partial charge >= 0.3 is 0 Å². The summed E-state index contributed by atoms with van der Waals surface area (Å²) in [5.41, 5.74) is 3.36. The predicted molar refractivity (Wildman–Crippen MR) is 74.7 cm³/mol. The number of hydrogen-bond acceptors (Lipinski definition) is 4. The largest absolute Gasteiger partial charge is 0.301 e. The molecule has 0 spiro atoms. The number of aryl methyl sites for hydroxylation is 2. The number of aromatic nitrogens is 3. The third-order valence-electron chi connectivity index (χ3n) is 3.40. The normalized spacial score (nSPS) is 14.7. The fraction of sp³-hybridized carbons (Fsp3) is 0.538. The molecule has 0 fully saturated rings. The van der Waals surface area contributed by atoms with Gasteiger partial charge in [0.1, 0.15) is 5.01 Å². The van der Waals surface area contributed by atoms with Gasteiger partial charge in [0.15, 0.2) is 0 Å². The van der Waals surface area contributed by atoms with Crippen LogP contribution in [-0.2, 0) is 12.1 Å². The van der Waals surface area contributed by atoms with E-state index in [1.165, 1.54) is 5.56 Å². The molecule has 0 amide bonds.